The van der Waals surface area contributed by atoms with Gasteiger partial charge in [-0.2, -0.15) is 0 Å². The maximum absolute atomic E-state index is 10.4. The highest BCUT2D eigenvalue weighted by molar-refractivity contribution is 8.00. The second-order valence-electron chi connectivity index (χ2n) is 2.95. The van der Waals surface area contributed by atoms with E-state index in [9.17, 15) is 4.79 Å². The summed E-state index contributed by atoms with van der Waals surface area (Å²) >= 11 is 3.19. The van der Waals surface area contributed by atoms with Gasteiger partial charge in [-0.1, -0.05) is 17.8 Å². The molecule has 0 amide bonds. The summed E-state index contributed by atoms with van der Waals surface area (Å²) in [5.74, 6) is 0.176. The number of rotatable bonds is 7. The lowest BCUT2D eigenvalue weighted by Crippen LogP contribution is -1.99. The Balaban J connectivity index is 2.32. The second-order valence-corrected chi connectivity index (χ2v) is 5.15. The summed E-state index contributed by atoms with van der Waals surface area (Å²) in [5.41, 5.74) is 0.652. The Bertz CT molecular complexity index is 336. The third-order valence-corrected chi connectivity index (χ3v) is 3.80. The predicted octanol–water partition coefficient (Wildman–Crippen LogP) is 2.83. The molecule has 5 heteroatoms. The van der Waals surface area contributed by atoms with Crippen molar-refractivity contribution < 1.29 is 9.90 Å². The Kier molecular flexibility index (Phi) is 5.42. The number of carboxylic acids is 1. The molecular formula is C10H13NO2S2. The summed E-state index contributed by atoms with van der Waals surface area (Å²) in [6.45, 7) is 3.65. The van der Waals surface area contributed by atoms with Gasteiger partial charge in [0.05, 0.1) is 12.1 Å². The summed E-state index contributed by atoms with van der Waals surface area (Å²) in [6.07, 6.45) is 4.02. The normalized spacial score (nSPS) is 10.1. The molecule has 0 aliphatic rings. The fourth-order valence-electron chi connectivity index (χ4n) is 0.978. The van der Waals surface area contributed by atoms with Crippen molar-refractivity contribution in [3.8, 4) is 0 Å². The number of carboxylic acid groups (broad SMARTS) is 1. The number of aromatic nitrogens is 1. The van der Waals surface area contributed by atoms with Gasteiger partial charge in [0.2, 0.25) is 0 Å². The number of nitrogens with zero attached hydrogens (tertiary/aromatic N) is 1. The van der Waals surface area contributed by atoms with Crippen molar-refractivity contribution in [2.75, 3.05) is 5.75 Å². The zero-order chi connectivity index (χ0) is 11.1. The van der Waals surface area contributed by atoms with Crippen LogP contribution in [0.15, 0.2) is 22.4 Å². The molecule has 0 aromatic carbocycles. The lowest BCUT2D eigenvalue weighted by atomic mass is 10.3. The first-order valence-electron chi connectivity index (χ1n) is 4.62. The minimum Gasteiger partial charge on any atom is -0.481 e. The van der Waals surface area contributed by atoms with E-state index in [-0.39, 0.29) is 6.42 Å². The Hall–Kier alpha value is -0.810. The summed E-state index contributed by atoms with van der Waals surface area (Å²) < 4.78 is 0.954. The highest BCUT2D eigenvalue weighted by Crippen LogP contribution is 2.23. The number of carbonyl (C=O) groups is 1. The van der Waals surface area contributed by atoms with E-state index in [0.717, 1.165) is 22.9 Å². The van der Waals surface area contributed by atoms with E-state index in [1.54, 1.807) is 11.8 Å². The average molecular weight is 243 g/mol. The molecule has 0 bridgehead atoms. The first-order valence-corrected chi connectivity index (χ1v) is 6.49. The Morgan fingerprint density at radius 1 is 1.73 bits per heavy atom. The Morgan fingerprint density at radius 3 is 3.20 bits per heavy atom. The highest BCUT2D eigenvalue weighted by Gasteiger charge is 2.05. The number of unbranched alkanes of at least 4 members (excludes halogenated alkanes) is 1. The van der Waals surface area contributed by atoms with Crippen molar-refractivity contribution in [2.24, 2.45) is 0 Å². The molecule has 1 rings (SSSR count). The Labute approximate surface area is 97.2 Å². The average Bonchev–Trinajstić information content (AvgIpc) is 2.59. The molecule has 0 saturated heterocycles. The van der Waals surface area contributed by atoms with Crippen LogP contribution in [0.2, 0.25) is 0 Å². The molecule has 0 radical (unpaired) electrons. The lowest BCUT2D eigenvalue weighted by molar-refractivity contribution is -0.136. The van der Waals surface area contributed by atoms with Gasteiger partial charge in [0.25, 0.3) is 0 Å². The van der Waals surface area contributed by atoms with E-state index < -0.39 is 5.97 Å². The van der Waals surface area contributed by atoms with Crippen molar-refractivity contribution in [1.82, 2.24) is 4.98 Å². The minimum atomic E-state index is -0.830. The van der Waals surface area contributed by atoms with Crippen molar-refractivity contribution in [3.05, 3.63) is 23.7 Å². The quantitative estimate of drug-likeness (QED) is 0.454. The number of hydrogen-bond acceptors (Lipinski definition) is 4. The van der Waals surface area contributed by atoms with Crippen LogP contribution in [0.1, 0.15) is 18.5 Å². The van der Waals surface area contributed by atoms with E-state index >= 15 is 0 Å². The molecule has 0 saturated carbocycles. The molecule has 82 valence electrons. The van der Waals surface area contributed by atoms with Crippen LogP contribution in [0.5, 0.6) is 0 Å². The summed E-state index contributed by atoms with van der Waals surface area (Å²) in [5, 5.41) is 10.4. The summed E-state index contributed by atoms with van der Waals surface area (Å²) in [4.78, 5) is 14.6. The molecule has 1 N–H and O–H groups in total. The fraction of sp³-hybridized carbons (Fsp3) is 0.400. The highest BCUT2D eigenvalue weighted by atomic mass is 32.2. The van der Waals surface area contributed by atoms with Crippen molar-refractivity contribution in [2.45, 2.75) is 23.6 Å². The molecule has 1 heterocycles. The van der Waals surface area contributed by atoms with Crippen LogP contribution < -0.4 is 0 Å². The number of thioether (sulfide) groups is 1. The van der Waals surface area contributed by atoms with Gasteiger partial charge in [0.15, 0.2) is 0 Å². The van der Waals surface area contributed by atoms with Crippen molar-refractivity contribution in [3.63, 3.8) is 0 Å². The second kappa shape index (κ2) is 6.63. The maximum atomic E-state index is 10.4. The minimum absolute atomic E-state index is 0.0176. The maximum Gasteiger partial charge on any atom is 0.309 e. The Morgan fingerprint density at radius 2 is 2.53 bits per heavy atom. The van der Waals surface area contributed by atoms with Crippen LogP contribution in [0, 0.1) is 0 Å². The molecule has 15 heavy (non-hydrogen) atoms. The van der Waals surface area contributed by atoms with Gasteiger partial charge in [-0.05, 0) is 12.8 Å². The van der Waals surface area contributed by atoms with Gasteiger partial charge in [-0.15, -0.1) is 17.9 Å². The molecule has 0 aliphatic heterocycles. The molecule has 0 unspecified atom stereocenters. The van der Waals surface area contributed by atoms with Gasteiger partial charge < -0.3 is 5.11 Å². The third kappa shape index (κ3) is 4.99. The first kappa shape index (κ1) is 12.3. The van der Waals surface area contributed by atoms with E-state index in [2.05, 4.69) is 11.6 Å². The van der Waals surface area contributed by atoms with Crippen LogP contribution in [0.4, 0.5) is 0 Å². The monoisotopic (exact) mass is 243 g/mol. The van der Waals surface area contributed by atoms with Crippen LogP contribution in [0.3, 0.4) is 0 Å². The zero-order valence-electron chi connectivity index (χ0n) is 8.31. The SMILES string of the molecule is C=CCCCSc1nc(CC(=O)O)cs1. The molecule has 1 aromatic heterocycles. The van der Waals surface area contributed by atoms with Gasteiger partial charge in [-0.25, -0.2) is 4.98 Å². The summed E-state index contributed by atoms with van der Waals surface area (Å²) in [7, 11) is 0. The fourth-order valence-corrected chi connectivity index (χ4v) is 2.85. The molecule has 3 nitrogen and oxygen atoms in total. The molecule has 0 spiro atoms. The van der Waals surface area contributed by atoms with Crippen molar-refractivity contribution >= 4 is 29.1 Å². The number of hydrogen-bond donors (Lipinski definition) is 1. The molecule has 0 atom stereocenters. The van der Waals surface area contributed by atoms with Crippen LogP contribution in [-0.4, -0.2) is 21.8 Å². The topological polar surface area (TPSA) is 50.2 Å². The van der Waals surface area contributed by atoms with Gasteiger partial charge in [0.1, 0.15) is 4.34 Å². The van der Waals surface area contributed by atoms with Crippen LogP contribution in [0.25, 0.3) is 0 Å². The van der Waals surface area contributed by atoms with Gasteiger partial charge >= 0.3 is 5.97 Å². The first-order chi connectivity index (χ1) is 7.22. The number of aliphatic carboxylic acids is 1. The largest absolute Gasteiger partial charge is 0.481 e. The van der Waals surface area contributed by atoms with Crippen LogP contribution in [-0.2, 0) is 11.2 Å². The van der Waals surface area contributed by atoms with Gasteiger partial charge in [-0.3, -0.25) is 4.79 Å². The standard InChI is InChI=1S/C10H13NO2S2/c1-2-3-4-5-14-10-11-8(7-15-10)6-9(12)13/h2,7H,1,3-6H2,(H,12,13). The molecule has 0 fully saturated rings. The zero-order valence-corrected chi connectivity index (χ0v) is 9.94. The number of allylic oxidation sites excluding steroid dienone is 1. The third-order valence-electron chi connectivity index (χ3n) is 1.64. The van der Waals surface area contributed by atoms with E-state index in [4.69, 9.17) is 5.11 Å². The lowest BCUT2D eigenvalue weighted by Gasteiger charge is -1.94. The van der Waals surface area contributed by atoms with Crippen molar-refractivity contribution in [1.29, 1.82) is 0 Å². The van der Waals surface area contributed by atoms with E-state index in [0.29, 0.717) is 5.69 Å². The number of thiazole rings is 1. The van der Waals surface area contributed by atoms with E-state index in [1.165, 1.54) is 11.3 Å². The summed E-state index contributed by atoms with van der Waals surface area (Å²) in [6, 6.07) is 0. The molecular weight excluding hydrogens is 230 g/mol. The molecule has 0 aliphatic carbocycles. The van der Waals surface area contributed by atoms with E-state index in [1.807, 2.05) is 11.5 Å². The smallest absolute Gasteiger partial charge is 0.309 e. The molecule has 1 aromatic rings. The van der Waals surface area contributed by atoms with Gasteiger partial charge in [0, 0.05) is 11.1 Å². The predicted molar refractivity (Wildman–Crippen MR) is 63.6 cm³/mol. The van der Waals surface area contributed by atoms with Crippen LogP contribution >= 0.6 is 23.1 Å².